The molecule has 10 atom stereocenters. The summed E-state index contributed by atoms with van der Waals surface area (Å²) in [7, 11) is 0. The zero-order valence-corrected chi connectivity index (χ0v) is 23.7. The maximum absolute atomic E-state index is 11.9. The second kappa shape index (κ2) is 7.61. The molecule has 10 unspecified atom stereocenters. The Balaban J connectivity index is 1.54. The second-order valence-corrected chi connectivity index (χ2v) is 15.4. The SMILES string of the molecule is CC(=O)OC1CCC2(C)C(CCC3(C)C2C=CC2C4C(C(C)C)CCC4(C)CCC23C)C1(C)C. The van der Waals surface area contributed by atoms with E-state index < -0.39 is 0 Å². The average molecular weight is 469 g/mol. The van der Waals surface area contributed by atoms with Crippen molar-refractivity contribution in [2.75, 3.05) is 0 Å². The van der Waals surface area contributed by atoms with Gasteiger partial charge in [-0.1, -0.05) is 67.5 Å². The number of ether oxygens (including phenoxy) is 1. The van der Waals surface area contributed by atoms with Crippen LogP contribution in [-0.2, 0) is 9.53 Å². The lowest BCUT2D eigenvalue weighted by molar-refractivity contribution is -0.218. The van der Waals surface area contributed by atoms with Gasteiger partial charge in [0.15, 0.2) is 0 Å². The molecule has 0 aromatic rings. The van der Waals surface area contributed by atoms with Crippen molar-refractivity contribution >= 4 is 5.97 Å². The third kappa shape index (κ3) is 3.08. The normalized spacial score (nSPS) is 53.5. The van der Waals surface area contributed by atoms with Gasteiger partial charge in [-0.3, -0.25) is 4.79 Å². The largest absolute Gasteiger partial charge is 0.462 e. The summed E-state index contributed by atoms with van der Waals surface area (Å²) in [5, 5.41) is 0. The highest BCUT2D eigenvalue weighted by molar-refractivity contribution is 5.66. The summed E-state index contributed by atoms with van der Waals surface area (Å²) in [4.78, 5) is 11.9. The first-order valence-corrected chi connectivity index (χ1v) is 14.6. The molecule has 0 aromatic carbocycles. The molecule has 5 rings (SSSR count). The molecule has 0 bridgehead atoms. The van der Waals surface area contributed by atoms with E-state index >= 15 is 0 Å². The van der Waals surface area contributed by atoms with Gasteiger partial charge in [0.1, 0.15) is 6.10 Å². The predicted molar refractivity (Wildman–Crippen MR) is 140 cm³/mol. The minimum Gasteiger partial charge on any atom is -0.462 e. The molecule has 0 radical (unpaired) electrons. The van der Waals surface area contributed by atoms with Crippen molar-refractivity contribution in [2.24, 2.45) is 62.6 Å². The molecule has 2 heteroatoms. The molecular formula is C32H52O2. The Bertz CT molecular complexity index is 870. The van der Waals surface area contributed by atoms with Crippen molar-refractivity contribution in [1.82, 2.24) is 0 Å². The van der Waals surface area contributed by atoms with Gasteiger partial charge in [0.05, 0.1) is 0 Å². The van der Waals surface area contributed by atoms with Crippen LogP contribution in [-0.4, -0.2) is 12.1 Å². The summed E-state index contributed by atoms with van der Waals surface area (Å²) in [6, 6.07) is 0. The van der Waals surface area contributed by atoms with Crippen molar-refractivity contribution in [1.29, 1.82) is 0 Å². The van der Waals surface area contributed by atoms with Crippen LogP contribution < -0.4 is 0 Å². The average Bonchev–Trinajstić information content (AvgIpc) is 3.08. The molecule has 4 fully saturated rings. The van der Waals surface area contributed by atoms with Crippen LogP contribution in [0.2, 0.25) is 0 Å². The first-order valence-electron chi connectivity index (χ1n) is 14.6. The van der Waals surface area contributed by atoms with Crippen molar-refractivity contribution in [3.63, 3.8) is 0 Å². The highest BCUT2D eigenvalue weighted by atomic mass is 16.5. The van der Waals surface area contributed by atoms with E-state index in [1.54, 1.807) is 6.92 Å². The summed E-state index contributed by atoms with van der Waals surface area (Å²) in [6.45, 7) is 22.0. The number of esters is 1. The van der Waals surface area contributed by atoms with Crippen molar-refractivity contribution in [3.05, 3.63) is 12.2 Å². The van der Waals surface area contributed by atoms with Gasteiger partial charge in [-0.15, -0.1) is 0 Å². The van der Waals surface area contributed by atoms with E-state index in [2.05, 4.69) is 67.5 Å². The smallest absolute Gasteiger partial charge is 0.302 e. The summed E-state index contributed by atoms with van der Waals surface area (Å²) in [5.41, 5.74) is 1.60. The predicted octanol–water partition coefficient (Wildman–Crippen LogP) is 8.45. The summed E-state index contributed by atoms with van der Waals surface area (Å²) >= 11 is 0. The van der Waals surface area contributed by atoms with Crippen molar-refractivity contribution < 1.29 is 9.53 Å². The number of hydrogen-bond donors (Lipinski definition) is 0. The molecule has 4 saturated carbocycles. The second-order valence-electron chi connectivity index (χ2n) is 15.4. The van der Waals surface area contributed by atoms with Crippen LogP contribution in [0.3, 0.4) is 0 Å². The molecule has 0 amide bonds. The van der Waals surface area contributed by atoms with Crippen LogP contribution in [0.1, 0.15) is 114 Å². The fourth-order valence-corrected chi connectivity index (χ4v) is 11.4. The van der Waals surface area contributed by atoms with Crippen molar-refractivity contribution in [3.8, 4) is 0 Å². The van der Waals surface area contributed by atoms with Gasteiger partial charge in [-0.05, 0) is 109 Å². The third-order valence-electron chi connectivity index (χ3n) is 13.5. The van der Waals surface area contributed by atoms with Crippen LogP contribution in [0.5, 0.6) is 0 Å². The lowest BCUT2D eigenvalue weighted by atomic mass is 9.33. The molecule has 192 valence electrons. The lowest BCUT2D eigenvalue weighted by Gasteiger charge is -2.71. The molecular weight excluding hydrogens is 416 g/mol. The van der Waals surface area contributed by atoms with E-state index in [1.807, 2.05) is 0 Å². The number of allylic oxidation sites excluding steroid dienone is 2. The zero-order chi connectivity index (χ0) is 24.9. The van der Waals surface area contributed by atoms with Gasteiger partial charge in [0, 0.05) is 12.3 Å². The van der Waals surface area contributed by atoms with E-state index in [-0.39, 0.29) is 22.9 Å². The van der Waals surface area contributed by atoms with Crippen LogP contribution in [0.15, 0.2) is 12.2 Å². The number of rotatable bonds is 2. The molecule has 0 spiro atoms. The highest BCUT2D eigenvalue weighted by Gasteiger charge is 2.69. The van der Waals surface area contributed by atoms with E-state index in [9.17, 15) is 4.79 Å². The van der Waals surface area contributed by atoms with Crippen molar-refractivity contribution in [2.45, 2.75) is 120 Å². The van der Waals surface area contributed by atoms with Gasteiger partial charge in [0.2, 0.25) is 0 Å². The van der Waals surface area contributed by atoms with Gasteiger partial charge < -0.3 is 4.74 Å². The number of carbonyl (C=O) groups is 1. The minimum absolute atomic E-state index is 0.0327. The standard InChI is InChI=1S/C32H52O2/c1-20(2)22-12-15-29(6)18-19-31(8)23(27(22)29)10-11-25-30(7)16-14-26(34-21(3)33)28(4,5)24(30)13-17-32(25,31)9/h10-11,20,22-27H,12-19H2,1-9H3. The van der Waals surface area contributed by atoms with E-state index in [1.165, 1.54) is 44.9 Å². The Morgan fingerprint density at radius 2 is 1.56 bits per heavy atom. The topological polar surface area (TPSA) is 26.3 Å². The first kappa shape index (κ1) is 24.9. The number of hydrogen-bond acceptors (Lipinski definition) is 2. The summed E-state index contributed by atoms with van der Waals surface area (Å²) in [5.74, 6) is 4.36. The van der Waals surface area contributed by atoms with Gasteiger partial charge >= 0.3 is 5.97 Å². The number of fused-ring (bicyclic) bond motifs is 7. The quantitative estimate of drug-likeness (QED) is 0.300. The fourth-order valence-electron chi connectivity index (χ4n) is 11.4. The highest BCUT2D eigenvalue weighted by Crippen LogP contribution is 2.76. The molecule has 5 aliphatic rings. The molecule has 2 nitrogen and oxygen atoms in total. The molecule has 34 heavy (non-hydrogen) atoms. The third-order valence-corrected chi connectivity index (χ3v) is 13.5. The summed E-state index contributed by atoms with van der Waals surface area (Å²) in [6.07, 6.45) is 16.0. The van der Waals surface area contributed by atoms with Crippen LogP contribution >= 0.6 is 0 Å². The minimum atomic E-state index is -0.114. The van der Waals surface area contributed by atoms with Crippen LogP contribution in [0.4, 0.5) is 0 Å². The maximum atomic E-state index is 11.9. The maximum Gasteiger partial charge on any atom is 0.302 e. The molecule has 0 aromatic heterocycles. The van der Waals surface area contributed by atoms with Gasteiger partial charge in [-0.2, -0.15) is 0 Å². The lowest BCUT2D eigenvalue weighted by Crippen LogP contribution is -2.65. The molecule has 5 aliphatic carbocycles. The fraction of sp³-hybridized carbons (Fsp3) is 0.906. The monoisotopic (exact) mass is 468 g/mol. The van der Waals surface area contributed by atoms with E-state index in [4.69, 9.17) is 4.74 Å². The Labute approximate surface area is 210 Å². The Hall–Kier alpha value is -0.790. The number of carbonyl (C=O) groups excluding carboxylic acids is 1. The zero-order valence-electron chi connectivity index (χ0n) is 23.7. The van der Waals surface area contributed by atoms with Crippen LogP contribution in [0.25, 0.3) is 0 Å². The Kier molecular flexibility index (Phi) is 5.57. The summed E-state index contributed by atoms with van der Waals surface area (Å²) < 4.78 is 5.90. The Morgan fingerprint density at radius 1 is 0.853 bits per heavy atom. The Morgan fingerprint density at radius 3 is 2.21 bits per heavy atom. The molecule has 0 N–H and O–H groups in total. The molecule has 0 saturated heterocycles. The first-order chi connectivity index (χ1) is 15.7. The van der Waals surface area contributed by atoms with Gasteiger partial charge in [0.25, 0.3) is 0 Å². The van der Waals surface area contributed by atoms with Gasteiger partial charge in [-0.25, -0.2) is 0 Å². The van der Waals surface area contributed by atoms with Crippen LogP contribution in [0, 0.1) is 62.6 Å². The van der Waals surface area contributed by atoms with E-state index in [0.717, 1.165) is 30.1 Å². The molecule has 0 aliphatic heterocycles. The van der Waals surface area contributed by atoms with E-state index in [0.29, 0.717) is 28.1 Å². The molecule has 0 heterocycles.